The summed E-state index contributed by atoms with van der Waals surface area (Å²) in [6.07, 6.45) is 3.39. The number of nitrogens with one attached hydrogen (secondary N) is 2. The Morgan fingerprint density at radius 1 is 1.38 bits per heavy atom. The molecule has 0 aliphatic heterocycles. The molecule has 0 spiro atoms. The van der Waals surface area contributed by atoms with E-state index in [4.69, 9.17) is 4.42 Å². The molecular formula is C14H23BrN2O3S. The second-order valence-corrected chi connectivity index (χ2v) is 8.39. The standard InChI is InChI=1S/C14H23BrN2O3S/c1-9(2)16-8-12-7-13(14(15)20-12)21(18,19)17-10(3)11-5-4-6-11/h7,9-11,16-17H,4-6,8H2,1-3H3. The summed E-state index contributed by atoms with van der Waals surface area (Å²) in [4.78, 5) is 0.175. The molecule has 7 heteroatoms. The first-order valence-electron chi connectivity index (χ1n) is 7.33. The van der Waals surface area contributed by atoms with Gasteiger partial charge in [0.05, 0.1) is 6.54 Å². The molecule has 0 aromatic carbocycles. The van der Waals surface area contributed by atoms with Crippen LogP contribution in [0.4, 0.5) is 0 Å². The van der Waals surface area contributed by atoms with Gasteiger partial charge >= 0.3 is 0 Å². The molecule has 120 valence electrons. The van der Waals surface area contributed by atoms with Crippen LogP contribution in [0.1, 0.15) is 45.8 Å². The lowest BCUT2D eigenvalue weighted by Crippen LogP contribution is -2.40. The van der Waals surface area contributed by atoms with E-state index in [1.165, 1.54) is 6.42 Å². The number of sulfonamides is 1. The van der Waals surface area contributed by atoms with Gasteiger partial charge in [-0.25, -0.2) is 13.1 Å². The fraction of sp³-hybridized carbons (Fsp3) is 0.714. The van der Waals surface area contributed by atoms with Crippen molar-refractivity contribution in [2.75, 3.05) is 0 Å². The van der Waals surface area contributed by atoms with Crippen molar-refractivity contribution >= 4 is 26.0 Å². The van der Waals surface area contributed by atoms with Gasteiger partial charge in [-0.15, -0.1) is 0 Å². The number of rotatable bonds is 7. The minimum Gasteiger partial charge on any atom is -0.452 e. The Hall–Kier alpha value is -0.370. The lowest BCUT2D eigenvalue weighted by Gasteiger charge is -2.31. The van der Waals surface area contributed by atoms with Gasteiger partial charge in [0.15, 0.2) is 4.67 Å². The summed E-state index contributed by atoms with van der Waals surface area (Å²) >= 11 is 3.20. The summed E-state index contributed by atoms with van der Waals surface area (Å²) < 4.78 is 33.4. The van der Waals surface area contributed by atoms with Crippen molar-refractivity contribution in [3.05, 3.63) is 16.5 Å². The van der Waals surface area contributed by atoms with Gasteiger partial charge in [-0.3, -0.25) is 0 Å². The maximum Gasteiger partial charge on any atom is 0.245 e. The lowest BCUT2D eigenvalue weighted by atomic mass is 9.81. The Morgan fingerprint density at radius 2 is 2.05 bits per heavy atom. The molecule has 0 radical (unpaired) electrons. The summed E-state index contributed by atoms with van der Waals surface area (Å²) in [6, 6.07) is 1.85. The van der Waals surface area contributed by atoms with Crippen molar-refractivity contribution < 1.29 is 12.8 Å². The summed E-state index contributed by atoms with van der Waals surface area (Å²) in [5, 5.41) is 3.20. The van der Waals surface area contributed by atoms with Crippen LogP contribution >= 0.6 is 15.9 Å². The maximum absolute atomic E-state index is 12.4. The van der Waals surface area contributed by atoms with Crippen LogP contribution < -0.4 is 10.0 Å². The molecule has 1 heterocycles. The van der Waals surface area contributed by atoms with Gasteiger partial charge in [0.1, 0.15) is 10.7 Å². The van der Waals surface area contributed by atoms with Crippen molar-refractivity contribution in [3.8, 4) is 0 Å². The highest BCUT2D eigenvalue weighted by Gasteiger charge is 2.30. The third kappa shape index (κ3) is 4.31. The average Bonchev–Trinajstić information content (AvgIpc) is 2.65. The second kappa shape index (κ2) is 6.81. The van der Waals surface area contributed by atoms with Crippen molar-refractivity contribution in [1.82, 2.24) is 10.0 Å². The van der Waals surface area contributed by atoms with Crippen LogP contribution in [0.5, 0.6) is 0 Å². The average molecular weight is 379 g/mol. The van der Waals surface area contributed by atoms with Crippen LogP contribution in [0.15, 0.2) is 20.0 Å². The first kappa shape index (κ1) is 17.0. The highest BCUT2D eigenvalue weighted by molar-refractivity contribution is 9.10. The highest BCUT2D eigenvalue weighted by atomic mass is 79.9. The van der Waals surface area contributed by atoms with E-state index < -0.39 is 10.0 Å². The second-order valence-electron chi connectivity index (χ2n) is 5.99. The van der Waals surface area contributed by atoms with E-state index >= 15 is 0 Å². The molecule has 1 atom stereocenters. The van der Waals surface area contributed by atoms with Crippen LogP contribution in [0.25, 0.3) is 0 Å². The van der Waals surface area contributed by atoms with Crippen LogP contribution in [0, 0.1) is 5.92 Å². The molecule has 1 aromatic heterocycles. The molecule has 1 saturated carbocycles. The molecule has 21 heavy (non-hydrogen) atoms. The van der Waals surface area contributed by atoms with Gasteiger partial charge in [0.2, 0.25) is 10.0 Å². The molecule has 1 unspecified atom stereocenters. The van der Waals surface area contributed by atoms with Crippen molar-refractivity contribution in [2.45, 2.75) is 63.6 Å². The molecule has 2 N–H and O–H groups in total. The summed E-state index contributed by atoms with van der Waals surface area (Å²) in [6.45, 7) is 6.48. The SMILES string of the molecule is CC(C)NCc1cc(S(=O)(=O)NC(C)C2CCC2)c(Br)o1. The normalized spacial score (nSPS) is 18.0. The lowest BCUT2D eigenvalue weighted by molar-refractivity contribution is 0.260. The zero-order chi connectivity index (χ0) is 15.6. The van der Waals surface area contributed by atoms with Crippen molar-refractivity contribution in [1.29, 1.82) is 0 Å². The molecule has 5 nitrogen and oxygen atoms in total. The quantitative estimate of drug-likeness (QED) is 0.764. The zero-order valence-electron chi connectivity index (χ0n) is 12.6. The molecule has 1 aromatic rings. The smallest absolute Gasteiger partial charge is 0.245 e. The van der Waals surface area contributed by atoms with E-state index in [0.717, 1.165) is 12.8 Å². The van der Waals surface area contributed by atoms with Gasteiger partial charge in [0.25, 0.3) is 0 Å². The topological polar surface area (TPSA) is 71.3 Å². The fourth-order valence-electron chi connectivity index (χ4n) is 2.32. The van der Waals surface area contributed by atoms with Crippen molar-refractivity contribution in [3.63, 3.8) is 0 Å². The predicted molar refractivity (Wildman–Crippen MR) is 85.5 cm³/mol. The van der Waals surface area contributed by atoms with E-state index in [2.05, 4.69) is 26.0 Å². The minimum absolute atomic E-state index is 0.0391. The summed E-state index contributed by atoms with van der Waals surface area (Å²) in [5.41, 5.74) is 0. The van der Waals surface area contributed by atoms with E-state index in [0.29, 0.717) is 24.3 Å². The Morgan fingerprint density at radius 3 is 2.57 bits per heavy atom. The minimum atomic E-state index is -3.55. The summed E-state index contributed by atoms with van der Waals surface area (Å²) in [5.74, 6) is 1.06. The largest absolute Gasteiger partial charge is 0.452 e. The number of hydrogen-bond acceptors (Lipinski definition) is 4. The number of furan rings is 1. The Balaban J connectivity index is 2.08. The molecule has 0 amide bonds. The fourth-order valence-corrected chi connectivity index (χ4v) is 4.63. The van der Waals surface area contributed by atoms with Gasteiger partial charge in [-0.1, -0.05) is 20.3 Å². The molecule has 2 rings (SSSR count). The Kier molecular flexibility index (Phi) is 5.51. The van der Waals surface area contributed by atoms with E-state index in [1.807, 2.05) is 20.8 Å². The van der Waals surface area contributed by atoms with Crippen LogP contribution in [-0.4, -0.2) is 20.5 Å². The molecule has 1 fully saturated rings. The van der Waals surface area contributed by atoms with Gasteiger partial charge in [0, 0.05) is 18.2 Å². The Bertz CT molecular complexity index is 579. The summed E-state index contributed by atoms with van der Waals surface area (Å²) in [7, 11) is -3.55. The van der Waals surface area contributed by atoms with Gasteiger partial charge < -0.3 is 9.73 Å². The molecule has 1 aliphatic rings. The highest BCUT2D eigenvalue weighted by Crippen LogP contribution is 2.31. The molecule has 0 bridgehead atoms. The van der Waals surface area contributed by atoms with Crippen LogP contribution in [0.3, 0.4) is 0 Å². The third-order valence-corrected chi connectivity index (χ3v) is 6.29. The number of halogens is 1. The molecular weight excluding hydrogens is 356 g/mol. The van der Waals surface area contributed by atoms with E-state index in [-0.39, 0.29) is 15.6 Å². The maximum atomic E-state index is 12.4. The zero-order valence-corrected chi connectivity index (χ0v) is 15.1. The predicted octanol–water partition coefficient (Wildman–Crippen LogP) is 3.01. The van der Waals surface area contributed by atoms with Gasteiger partial charge in [-0.2, -0.15) is 0 Å². The monoisotopic (exact) mass is 378 g/mol. The van der Waals surface area contributed by atoms with Crippen LogP contribution in [0.2, 0.25) is 0 Å². The molecule has 1 aliphatic carbocycles. The van der Waals surface area contributed by atoms with Crippen LogP contribution in [-0.2, 0) is 16.6 Å². The van der Waals surface area contributed by atoms with E-state index in [1.54, 1.807) is 6.07 Å². The molecule has 0 saturated heterocycles. The first-order chi connectivity index (χ1) is 9.79. The van der Waals surface area contributed by atoms with Gasteiger partial charge in [-0.05, 0) is 41.6 Å². The van der Waals surface area contributed by atoms with E-state index in [9.17, 15) is 8.42 Å². The first-order valence-corrected chi connectivity index (χ1v) is 9.61. The van der Waals surface area contributed by atoms with Crippen molar-refractivity contribution in [2.24, 2.45) is 5.92 Å². The number of hydrogen-bond donors (Lipinski definition) is 2. The third-order valence-electron chi connectivity index (χ3n) is 3.88. The Labute approximate surface area is 135 Å².